The highest BCUT2D eigenvalue weighted by Gasteiger charge is 2.27. The number of rotatable bonds is 6. The van der Waals surface area contributed by atoms with Gasteiger partial charge >= 0.3 is 12.1 Å². The van der Waals surface area contributed by atoms with E-state index in [9.17, 15) is 31.5 Å². The number of alkyl halides is 3. The molecular weight excluding hydrogens is 315 g/mol. The van der Waals surface area contributed by atoms with E-state index in [0.717, 1.165) is 12.1 Å². The van der Waals surface area contributed by atoms with E-state index in [0.29, 0.717) is 0 Å². The molecule has 118 valence electrons. The van der Waals surface area contributed by atoms with Crippen molar-refractivity contribution in [3.8, 4) is 5.75 Å². The van der Waals surface area contributed by atoms with Crippen LogP contribution in [0.3, 0.4) is 0 Å². The number of carbonyl (C=O) groups is 1. The molecular formula is C11H12F3NO5S. The maximum atomic E-state index is 11.9. The maximum absolute atomic E-state index is 11.9. The normalized spacial score (nSPS) is 12.1. The third kappa shape index (κ3) is 5.50. The molecule has 1 aromatic rings. The number of benzene rings is 1. The molecule has 0 aliphatic rings. The Morgan fingerprint density at radius 1 is 1.29 bits per heavy atom. The number of halogens is 3. The van der Waals surface area contributed by atoms with Crippen LogP contribution in [0.4, 0.5) is 18.9 Å². The molecule has 0 aliphatic carbocycles. The fourth-order valence-electron chi connectivity index (χ4n) is 1.48. The average Bonchev–Trinajstić information content (AvgIpc) is 2.29. The second-order valence-electron chi connectivity index (χ2n) is 4.15. The molecule has 21 heavy (non-hydrogen) atoms. The van der Waals surface area contributed by atoms with E-state index in [4.69, 9.17) is 5.11 Å². The minimum atomic E-state index is -4.46. The van der Waals surface area contributed by atoms with Crippen LogP contribution >= 0.6 is 0 Å². The summed E-state index contributed by atoms with van der Waals surface area (Å²) in [6.45, 7) is 0. The molecule has 0 saturated heterocycles. The van der Waals surface area contributed by atoms with E-state index < -0.39 is 57.8 Å². The third-order valence-electron chi connectivity index (χ3n) is 2.41. The number of phenols is 1. The van der Waals surface area contributed by atoms with Crippen LogP contribution < -0.4 is 4.72 Å². The van der Waals surface area contributed by atoms with Crippen molar-refractivity contribution in [2.75, 3.05) is 10.5 Å². The fourth-order valence-corrected chi connectivity index (χ4v) is 2.61. The fraction of sp³-hybridized carbons (Fsp3) is 0.364. The van der Waals surface area contributed by atoms with Gasteiger partial charge in [0, 0.05) is 6.42 Å². The highest BCUT2D eigenvalue weighted by molar-refractivity contribution is 7.92. The monoisotopic (exact) mass is 327 g/mol. The molecule has 0 fully saturated rings. The van der Waals surface area contributed by atoms with Crippen molar-refractivity contribution in [1.82, 2.24) is 0 Å². The zero-order chi connectivity index (χ0) is 16.3. The lowest BCUT2D eigenvalue weighted by Crippen LogP contribution is -2.19. The van der Waals surface area contributed by atoms with E-state index in [1.54, 1.807) is 0 Å². The van der Waals surface area contributed by atoms with E-state index in [1.807, 2.05) is 4.72 Å². The number of aromatic carboxylic acids is 1. The summed E-state index contributed by atoms with van der Waals surface area (Å²) in [6.07, 6.45) is -6.35. The van der Waals surface area contributed by atoms with Crippen LogP contribution in [0.5, 0.6) is 5.75 Å². The van der Waals surface area contributed by atoms with Crippen molar-refractivity contribution in [2.45, 2.75) is 19.0 Å². The van der Waals surface area contributed by atoms with Crippen molar-refractivity contribution in [3.63, 3.8) is 0 Å². The van der Waals surface area contributed by atoms with Gasteiger partial charge in [-0.2, -0.15) is 13.2 Å². The summed E-state index contributed by atoms with van der Waals surface area (Å²) < 4.78 is 60.9. The largest absolute Gasteiger partial charge is 0.505 e. The summed E-state index contributed by atoms with van der Waals surface area (Å²) >= 11 is 0. The molecule has 0 saturated carbocycles. The molecule has 0 bridgehead atoms. The van der Waals surface area contributed by atoms with Gasteiger partial charge in [0.1, 0.15) is 5.56 Å². The summed E-state index contributed by atoms with van der Waals surface area (Å²) in [6, 6.07) is 3.35. The van der Waals surface area contributed by atoms with Crippen molar-refractivity contribution in [2.24, 2.45) is 0 Å². The molecule has 0 unspecified atom stereocenters. The Labute approximate surface area is 118 Å². The average molecular weight is 327 g/mol. The maximum Gasteiger partial charge on any atom is 0.389 e. The zero-order valence-corrected chi connectivity index (χ0v) is 11.3. The second-order valence-corrected chi connectivity index (χ2v) is 5.99. The van der Waals surface area contributed by atoms with Gasteiger partial charge in [-0.05, 0) is 18.6 Å². The van der Waals surface area contributed by atoms with Crippen LogP contribution in [-0.4, -0.2) is 36.5 Å². The van der Waals surface area contributed by atoms with Crippen LogP contribution in [-0.2, 0) is 10.0 Å². The smallest absolute Gasteiger partial charge is 0.389 e. The molecule has 1 rings (SSSR count). The number of sulfonamides is 1. The van der Waals surface area contributed by atoms with Gasteiger partial charge in [0.2, 0.25) is 10.0 Å². The molecule has 1 aromatic carbocycles. The van der Waals surface area contributed by atoms with Gasteiger partial charge in [-0.1, -0.05) is 6.07 Å². The van der Waals surface area contributed by atoms with Gasteiger partial charge in [-0.25, -0.2) is 13.2 Å². The van der Waals surface area contributed by atoms with Crippen LogP contribution in [0.25, 0.3) is 0 Å². The molecule has 0 atom stereocenters. The number of hydrogen-bond donors (Lipinski definition) is 3. The van der Waals surface area contributed by atoms with Crippen molar-refractivity contribution in [3.05, 3.63) is 23.8 Å². The summed E-state index contributed by atoms with van der Waals surface area (Å²) in [5, 5.41) is 18.3. The van der Waals surface area contributed by atoms with Gasteiger partial charge in [0.05, 0.1) is 11.4 Å². The van der Waals surface area contributed by atoms with E-state index >= 15 is 0 Å². The quantitative estimate of drug-likeness (QED) is 0.695. The minimum Gasteiger partial charge on any atom is -0.505 e. The first kappa shape index (κ1) is 17.1. The number of carboxylic acid groups (broad SMARTS) is 1. The first-order valence-corrected chi connectivity index (χ1v) is 7.29. The minimum absolute atomic E-state index is 0.401. The molecule has 0 aliphatic heterocycles. The molecule has 0 aromatic heterocycles. The first-order chi connectivity index (χ1) is 9.52. The lowest BCUT2D eigenvalue weighted by atomic mass is 10.2. The lowest BCUT2D eigenvalue weighted by Gasteiger charge is -2.11. The summed E-state index contributed by atoms with van der Waals surface area (Å²) in [5.74, 6) is -3.07. The first-order valence-electron chi connectivity index (χ1n) is 5.64. The third-order valence-corrected chi connectivity index (χ3v) is 3.76. The Morgan fingerprint density at radius 2 is 1.90 bits per heavy atom. The predicted molar refractivity (Wildman–Crippen MR) is 67.8 cm³/mol. The highest BCUT2D eigenvalue weighted by atomic mass is 32.2. The molecule has 0 amide bonds. The van der Waals surface area contributed by atoms with Crippen LogP contribution in [0.1, 0.15) is 23.2 Å². The Balaban J connectivity index is 2.81. The molecule has 6 nitrogen and oxygen atoms in total. The number of carboxylic acids is 1. The highest BCUT2D eigenvalue weighted by Crippen LogP contribution is 2.28. The number of anilines is 1. The Kier molecular flexibility index (Phi) is 5.05. The summed E-state index contributed by atoms with van der Waals surface area (Å²) in [5.41, 5.74) is -0.924. The number of nitrogens with one attached hydrogen (secondary N) is 1. The van der Waals surface area contributed by atoms with E-state index in [-0.39, 0.29) is 0 Å². The number of aromatic hydroxyl groups is 1. The van der Waals surface area contributed by atoms with Gasteiger partial charge in [-0.3, -0.25) is 4.72 Å². The second kappa shape index (κ2) is 6.20. The van der Waals surface area contributed by atoms with Gasteiger partial charge < -0.3 is 10.2 Å². The van der Waals surface area contributed by atoms with Crippen LogP contribution in [0.2, 0.25) is 0 Å². The van der Waals surface area contributed by atoms with Crippen molar-refractivity contribution in [1.29, 1.82) is 0 Å². The standard InChI is InChI=1S/C11H12F3NO5S/c12-11(13,14)5-2-6-21(19,20)15-8-4-1-3-7(9(8)16)10(17)18/h1,3-4,15-16H,2,5-6H2,(H,17,18). The molecule has 3 N–H and O–H groups in total. The van der Waals surface area contributed by atoms with Crippen LogP contribution in [0.15, 0.2) is 18.2 Å². The summed E-state index contributed by atoms with van der Waals surface area (Å²) in [4.78, 5) is 10.8. The molecule has 0 spiro atoms. The molecule has 0 heterocycles. The Morgan fingerprint density at radius 3 is 2.43 bits per heavy atom. The van der Waals surface area contributed by atoms with Gasteiger partial charge in [0.15, 0.2) is 5.75 Å². The predicted octanol–water partition coefficient (Wildman–Crippen LogP) is 2.17. The van der Waals surface area contributed by atoms with Gasteiger partial charge in [0.25, 0.3) is 0 Å². The molecule has 10 heteroatoms. The lowest BCUT2D eigenvalue weighted by molar-refractivity contribution is -0.134. The number of para-hydroxylation sites is 1. The Hall–Kier alpha value is -1.97. The molecule has 0 radical (unpaired) electrons. The van der Waals surface area contributed by atoms with Crippen molar-refractivity contribution < 1.29 is 36.6 Å². The van der Waals surface area contributed by atoms with Crippen LogP contribution in [0, 0.1) is 0 Å². The summed E-state index contributed by atoms with van der Waals surface area (Å²) in [7, 11) is -4.12. The number of hydrogen-bond acceptors (Lipinski definition) is 4. The Bertz CT molecular complexity index is 627. The van der Waals surface area contributed by atoms with Crippen molar-refractivity contribution >= 4 is 21.7 Å². The van der Waals surface area contributed by atoms with E-state index in [2.05, 4.69) is 0 Å². The van der Waals surface area contributed by atoms with Gasteiger partial charge in [-0.15, -0.1) is 0 Å². The SMILES string of the molecule is O=C(O)c1cccc(NS(=O)(=O)CCCC(F)(F)F)c1O. The van der Waals surface area contributed by atoms with E-state index in [1.165, 1.54) is 6.07 Å². The topological polar surface area (TPSA) is 104 Å². The zero-order valence-electron chi connectivity index (χ0n) is 10.5.